The van der Waals surface area contributed by atoms with Gasteiger partial charge in [-0.05, 0) is 82.9 Å². The monoisotopic (exact) mass is 637 g/mol. The Labute approximate surface area is 253 Å². The zero-order valence-corrected chi connectivity index (χ0v) is 25.9. The van der Waals surface area contributed by atoms with Crippen LogP contribution in [0.2, 0.25) is 0 Å². The molecule has 1 heterocycles. The zero-order valence-electron chi connectivity index (χ0n) is 25.1. The van der Waals surface area contributed by atoms with Gasteiger partial charge in [-0.15, -0.1) is 0 Å². The highest BCUT2D eigenvalue weighted by molar-refractivity contribution is 7.88. The molecule has 0 saturated heterocycles. The van der Waals surface area contributed by atoms with Crippen molar-refractivity contribution in [2.24, 2.45) is 0 Å². The predicted octanol–water partition coefficient (Wildman–Crippen LogP) is 5.82. The van der Waals surface area contributed by atoms with Gasteiger partial charge in [0.05, 0.1) is 17.1 Å². The lowest BCUT2D eigenvalue weighted by Crippen LogP contribution is -2.42. The van der Waals surface area contributed by atoms with E-state index in [0.717, 1.165) is 6.07 Å². The molecule has 0 aliphatic heterocycles. The lowest BCUT2D eigenvalue weighted by atomic mass is 9.97. The summed E-state index contributed by atoms with van der Waals surface area (Å²) in [5, 5.41) is 3.51. The van der Waals surface area contributed by atoms with Crippen LogP contribution in [0.15, 0.2) is 48.7 Å². The van der Waals surface area contributed by atoms with Crippen LogP contribution in [0.4, 0.5) is 18.0 Å². The molecule has 44 heavy (non-hydrogen) atoms. The Balaban J connectivity index is 1.55. The molecule has 1 aliphatic carbocycles. The number of hydrogen-bond acceptors (Lipinski definition) is 8. The van der Waals surface area contributed by atoms with Crippen LogP contribution in [0.25, 0.3) is 10.9 Å². The van der Waals surface area contributed by atoms with Crippen molar-refractivity contribution in [2.75, 3.05) is 13.7 Å². The Bertz CT molecular complexity index is 1680. The molecule has 10 nitrogen and oxygen atoms in total. The average Bonchev–Trinajstić information content (AvgIpc) is 3.69. The van der Waals surface area contributed by atoms with Crippen molar-refractivity contribution < 1.29 is 44.8 Å². The Morgan fingerprint density at radius 3 is 2.39 bits per heavy atom. The van der Waals surface area contributed by atoms with Gasteiger partial charge in [-0.3, -0.25) is 9.78 Å². The van der Waals surface area contributed by atoms with Crippen LogP contribution in [-0.2, 0) is 20.4 Å². The number of nitrogens with one attached hydrogen (secondary N) is 1. The van der Waals surface area contributed by atoms with Gasteiger partial charge in [0.25, 0.3) is 5.91 Å². The van der Waals surface area contributed by atoms with Crippen molar-refractivity contribution in [1.82, 2.24) is 15.2 Å². The van der Waals surface area contributed by atoms with E-state index >= 15 is 0 Å². The first-order chi connectivity index (χ1) is 20.3. The minimum absolute atomic E-state index is 0.121. The van der Waals surface area contributed by atoms with Crippen molar-refractivity contribution >= 4 is 33.0 Å². The normalized spacial score (nSPS) is 15.3. The number of aryl methyl sites for hydroxylation is 1. The molecular formula is C30H34F3N3O7S. The summed E-state index contributed by atoms with van der Waals surface area (Å²) in [7, 11) is -4.33. The van der Waals surface area contributed by atoms with E-state index in [9.17, 15) is 31.2 Å². The Morgan fingerprint density at radius 2 is 1.77 bits per heavy atom. The summed E-state index contributed by atoms with van der Waals surface area (Å²) in [5.41, 5.74) is -5.73. The second-order valence-electron chi connectivity index (χ2n) is 11.8. The molecule has 1 atom stereocenters. The lowest BCUT2D eigenvalue weighted by molar-refractivity contribution is -0.0500. The van der Waals surface area contributed by atoms with Crippen molar-refractivity contribution in [3.8, 4) is 11.5 Å². The van der Waals surface area contributed by atoms with Crippen molar-refractivity contribution in [2.45, 2.75) is 70.2 Å². The van der Waals surface area contributed by atoms with E-state index in [1.54, 1.807) is 72.0 Å². The first-order valence-electron chi connectivity index (χ1n) is 13.7. The number of benzene rings is 2. The van der Waals surface area contributed by atoms with Crippen LogP contribution in [0.1, 0.15) is 62.0 Å². The largest absolute Gasteiger partial charge is 0.534 e. The number of carbonyl (C=O) groups excluding carboxylic acids is 2. The number of rotatable bonds is 9. The third-order valence-electron chi connectivity index (χ3n) is 7.09. The molecule has 1 N–H and O–H groups in total. The van der Waals surface area contributed by atoms with E-state index in [1.165, 1.54) is 17.2 Å². The van der Waals surface area contributed by atoms with Crippen molar-refractivity contribution in [1.29, 1.82) is 0 Å². The fourth-order valence-electron chi connectivity index (χ4n) is 4.42. The molecule has 0 spiro atoms. The number of ether oxygens (including phenoxy) is 2. The number of amides is 2. The van der Waals surface area contributed by atoms with Gasteiger partial charge < -0.3 is 23.9 Å². The van der Waals surface area contributed by atoms with Crippen LogP contribution in [0.3, 0.4) is 0 Å². The highest BCUT2D eigenvalue weighted by atomic mass is 32.2. The van der Waals surface area contributed by atoms with Gasteiger partial charge in [0.2, 0.25) is 0 Å². The number of aromatic nitrogens is 1. The standard InChI is InChI=1S/C30H34F3N3O7S/c1-18-9-10-20(41-17-19(2)36(6)27(38)42-28(3,4)5)14-23(18)26(37)35-29(11-12-29)24-15-21(43-44(39,40)30(31,32)33)16-25-22(24)8-7-13-34-25/h7-10,13-16,19H,11-12,17H2,1-6H3,(H,35,37)/t19-/m0/s1. The number of pyridine rings is 1. The Hall–Kier alpha value is -4.07. The van der Waals surface area contributed by atoms with Crippen LogP contribution >= 0.6 is 0 Å². The van der Waals surface area contributed by atoms with E-state index in [2.05, 4.69) is 14.5 Å². The van der Waals surface area contributed by atoms with Crippen molar-refractivity contribution in [3.05, 3.63) is 65.4 Å². The molecule has 0 unspecified atom stereocenters. The molecule has 2 amide bonds. The molecule has 3 aromatic rings. The van der Waals surface area contributed by atoms with E-state index in [-0.39, 0.29) is 18.2 Å². The van der Waals surface area contributed by atoms with Gasteiger partial charge in [-0.1, -0.05) is 12.1 Å². The third-order valence-corrected chi connectivity index (χ3v) is 8.07. The maximum absolute atomic E-state index is 13.6. The summed E-state index contributed by atoms with van der Waals surface area (Å²) in [4.78, 5) is 31.5. The zero-order chi connectivity index (χ0) is 32.7. The number of halogens is 3. The quantitative estimate of drug-likeness (QED) is 0.230. The molecule has 0 radical (unpaired) electrons. The highest BCUT2D eigenvalue weighted by Crippen LogP contribution is 2.49. The maximum atomic E-state index is 13.6. The Morgan fingerprint density at radius 1 is 1.09 bits per heavy atom. The first kappa shape index (κ1) is 32.8. The molecule has 2 aromatic carbocycles. The van der Waals surface area contributed by atoms with Gasteiger partial charge >= 0.3 is 21.7 Å². The number of hydrogen-bond donors (Lipinski definition) is 1. The number of nitrogens with zero attached hydrogens (tertiary/aromatic N) is 2. The van der Waals surface area contributed by atoms with Crippen LogP contribution in [-0.4, -0.2) is 61.1 Å². The van der Waals surface area contributed by atoms with Crippen LogP contribution < -0.4 is 14.2 Å². The summed E-state index contributed by atoms with van der Waals surface area (Å²) in [6.45, 7) is 8.97. The predicted molar refractivity (Wildman–Crippen MR) is 156 cm³/mol. The molecule has 1 fully saturated rings. The third kappa shape index (κ3) is 7.34. The molecule has 4 rings (SSSR count). The van der Waals surface area contributed by atoms with Crippen LogP contribution in [0.5, 0.6) is 11.5 Å². The van der Waals surface area contributed by atoms with Gasteiger partial charge in [0.15, 0.2) is 0 Å². The van der Waals surface area contributed by atoms with E-state index in [0.29, 0.717) is 40.7 Å². The summed E-state index contributed by atoms with van der Waals surface area (Å²) in [6, 6.07) is 10.2. The number of carbonyl (C=O) groups is 2. The first-order valence-corrected chi connectivity index (χ1v) is 15.1. The van der Waals surface area contributed by atoms with E-state index in [1.807, 2.05) is 0 Å². The van der Waals surface area contributed by atoms with Gasteiger partial charge in [0.1, 0.15) is 23.7 Å². The minimum Gasteiger partial charge on any atom is -0.491 e. The van der Waals surface area contributed by atoms with E-state index in [4.69, 9.17) is 9.47 Å². The second-order valence-corrected chi connectivity index (χ2v) is 13.3. The highest BCUT2D eigenvalue weighted by Gasteiger charge is 2.50. The summed E-state index contributed by atoms with van der Waals surface area (Å²) < 4.78 is 78.2. The smallest absolute Gasteiger partial charge is 0.491 e. The molecule has 1 aromatic heterocycles. The topological polar surface area (TPSA) is 124 Å². The Kier molecular flexibility index (Phi) is 8.80. The number of likely N-dealkylation sites (N-methyl/N-ethyl adjacent to an activating group) is 1. The fourth-order valence-corrected chi connectivity index (χ4v) is 4.87. The van der Waals surface area contributed by atoms with Crippen LogP contribution in [0, 0.1) is 6.92 Å². The maximum Gasteiger partial charge on any atom is 0.534 e. The summed E-state index contributed by atoms with van der Waals surface area (Å²) >= 11 is 0. The van der Waals surface area contributed by atoms with Gasteiger partial charge in [0, 0.05) is 30.3 Å². The molecule has 1 saturated carbocycles. The number of alkyl halides is 3. The minimum atomic E-state index is -5.93. The second kappa shape index (κ2) is 11.8. The molecule has 0 bridgehead atoms. The lowest BCUT2D eigenvalue weighted by Gasteiger charge is -2.28. The molecule has 238 valence electrons. The molecular weight excluding hydrogens is 603 g/mol. The summed E-state index contributed by atoms with van der Waals surface area (Å²) in [6.07, 6.45) is 1.80. The SMILES string of the molecule is Cc1ccc(OC[C@H](C)N(C)C(=O)OC(C)(C)C)cc1C(=O)NC1(c2cc(OS(=O)(=O)C(F)(F)F)cc3ncccc23)CC1. The average molecular weight is 638 g/mol. The van der Waals surface area contributed by atoms with Gasteiger partial charge in [-0.25, -0.2) is 4.79 Å². The summed E-state index contributed by atoms with van der Waals surface area (Å²) in [5.74, 6) is -0.644. The fraction of sp³-hybridized carbons (Fsp3) is 0.433. The number of fused-ring (bicyclic) bond motifs is 1. The van der Waals surface area contributed by atoms with E-state index < -0.39 is 44.5 Å². The van der Waals surface area contributed by atoms with Crippen molar-refractivity contribution in [3.63, 3.8) is 0 Å². The van der Waals surface area contributed by atoms with Gasteiger partial charge in [-0.2, -0.15) is 21.6 Å². The molecule has 14 heteroatoms. The molecule has 1 aliphatic rings.